The van der Waals surface area contributed by atoms with E-state index >= 15 is 0 Å². The molecule has 1 aromatic carbocycles. The highest BCUT2D eigenvalue weighted by Gasteiger charge is 2.31. The van der Waals surface area contributed by atoms with Crippen molar-refractivity contribution < 1.29 is 19.1 Å². The van der Waals surface area contributed by atoms with Crippen LogP contribution in [0, 0.1) is 5.92 Å². The maximum atomic E-state index is 13.1. The molecule has 0 radical (unpaired) electrons. The number of nitrogens with zero attached hydrogens (tertiary/aromatic N) is 5. The van der Waals surface area contributed by atoms with Gasteiger partial charge in [-0.3, -0.25) is 24.6 Å². The third-order valence-corrected chi connectivity index (χ3v) is 7.82. The minimum Gasteiger partial charge on any atom is -0.444 e. The predicted molar refractivity (Wildman–Crippen MR) is 147 cm³/mol. The fourth-order valence-corrected chi connectivity index (χ4v) is 5.66. The molecule has 11 heteroatoms. The van der Waals surface area contributed by atoms with Gasteiger partial charge in [-0.25, -0.2) is 9.48 Å². The van der Waals surface area contributed by atoms with Crippen molar-refractivity contribution in [2.24, 2.45) is 5.92 Å². The lowest BCUT2D eigenvalue weighted by Crippen LogP contribution is -2.51. The van der Waals surface area contributed by atoms with Crippen LogP contribution in [0.25, 0.3) is 10.8 Å². The minimum atomic E-state index is -0.765. The van der Waals surface area contributed by atoms with Gasteiger partial charge in [0.25, 0.3) is 11.5 Å². The number of fused-ring (bicyclic) bond motifs is 1. The van der Waals surface area contributed by atoms with Crippen LogP contribution < -0.4 is 15.8 Å². The molecule has 210 valence electrons. The SMILES string of the molecule is CC(C)(C)OC(=O)N1CCN(CC2CCN(c3ccc4c(=O)n(C5CCC(=O)NC5=O)ncc4c3)CC2)CC1. The molecule has 1 aromatic heterocycles. The number of carbonyl (C=O) groups is 3. The Morgan fingerprint density at radius 3 is 2.41 bits per heavy atom. The van der Waals surface area contributed by atoms with Gasteiger partial charge in [0.2, 0.25) is 5.91 Å². The van der Waals surface area contributed by atoms with Gasteiger partial charge in [0, 0.05) is 63.3 Å². The third kappa shape index (κ3) is 6.24. The number of piperazine rings is 1. The summed E-state index contributed by atoms with van der Waals surface area (Å²) in [5.41, 5.74) is 0.268. The monoisotopic (exact) mass is 538 g/mol. The molecule has 4 heterocycles. The lowest BCUT2D eigenvalue weighted by molar-refractivity contribution is -0.136. The molecule has 0 aliphatic carbocycles. The number of piperidine rings is 2. The summed E-state index contributed by atoms with van der Waals surface area (Å²) < 4.78 is 6.70. The van der Waals surface area contributed by atoms with Gasteiger partial charge in [0.15, 0.2) is 0 Å². The Morgan fingerprint density at radius 1 is 1.03 bits per heavy atom. The number of nitrogens with one attached hydrogen (secondary N) is 1. The molecular weight excluding hydrogens is 500 g/mol. The standard InChI is InChI=1S/C28H38N6O5/c1-28(2,3)39-27(38)33-14-12-31(13-15-33)18-19-8-10-32(11-9-19)21-4-5-22-20(16-21)17-29-34(26(22)37)23-6-7-24(35)30-25(23)36/h4-5,16-17,19,23H,6-15,18H2,1-3H3,(H,30,35,36). The van der Waals surface area contributed by atoms with E-state index in [1.165, 1.54) is 4.68 Å². The predicted octanol–water partition coefficient (Wildman–Crippen LogP) is 2.14. The first-order valence-corrected chi connectivity index (χ1v) is 13.9. The molecule has 0 bridgehead atoms. The number of carbonyl (C=O) groups excluding carboxylic acids is 3. The van der Waals surface area contributed by atoms with Crippen LogP contribution in [0.15, 0.2) is 29.2 Å². The molecule has 0 spiro atoms. The number of aromatic nitrogens is 2. The number of hydrogen-bond acceptors (Lipinski definition) is 8. The first kappa shape index (κ1) is 27.1. The lowest BCUT2D eigenvalue weighted by atomic mass is 9.95. The number of imide groups is 1. The van der Waals surface area contributed by atoms with E-state index in [1.807, 2.05) is 39.0 Å². The Morgan fingerprint density at radius 2 is 1.74 bits per heavy atom. The molecule has 3 amide bonds. The highest BCUT2D eigenvalue weighted by Crippen LogP contribution is 2.27. The van der Waals surface area contributed by atoms with E-state index in [4.69, 9.17) is 4.74 Å². The van der Waals surface area contributed by atoms with E-state index in [0.29, 0.717) is 24.4 Å². The Labute approximate surface area is 228 Å². The van der Waals surface area contributed by atoms with E-state index in [-0.39, 0.29) is 30.4 Å². The van der Waals surface area contributed by atoms with Crippen molar-refractivity contribution in [1.29, 1.82) is 0 Å². The maximum Gasteiger partial charge on any atom is 0.410 e. The number of anilines is 1. The summed E-state index contributed by atoms with van der Waals surface area (Å²) in [7, 11) is 0. The fourth-order valence-electron chi connectivity index (χ4n) is 5.66. The lowest BCUT2D eigenvalue weighted by Gasteiger charge is -2.39. The van der Waals surface area contributed by atoms with Crippen molar-refractivity contribution in [3.8, 4) is 0 Å². The Balaban J connectivity index is 1.14. The highest BCUT2D eigenvalue weighted by molar-refractivity contribution is 5.99. The molecule has 1 N–H and O–H groups in total. The second-order valence-corrected chi connectivity index (χ2v) is 11.8. The average molecular weight is 539 g/mol. The number of rotatable bonds is 4. The second-order valence-electron chi connectivity index (χ2n) is 11.8. The number of amides is 3. The average Bonchev–Trinajstić information content (AvgIpc) is 2.89. The van der Waals surface area contributed by atoms with Gasteiger partial charge in [-0.2, -0.15) is 5.10 Å². The van der Waals surface area contributed by atoms with E-state index in [9.17, 15) is 19.2 Å². The molecule has 5 rings (SSSR count). The zero-order valence-corrected chi connectivity index (χ0v) is 23.0. The van der Waals surface area contributed by atoms with Crippen LogP contribution in [0.3, 0.4) is 0 Å². The molecule has 3 saturated heterocycles. The van der Waals surface area contributed by atoms with Crippen LogP contribution in [0.1, 0.15) is 52.5 Å². The van der Waals surface area contributed by atoms with Gasteiger partial charge in [-0.1, -0.05) is 0 Å². The molecule has 3 aliphatic rings. The summed E-state index contributed by atoms with van der Waals surface area (Å²) in [5.74, 6) is -0.193. The van der Waals surface area contributed by atoms with E-state index in [2.05, 4.69) is 20.2 Å². The highest BCUT2D eigenvalue weighted by atomic mass is 16.6. The number of ether oxygens (including phenoxy) is 1. The number of hydrogen-bond donors (Lipinski definition) is 1. The molecule has 1 atom stereocenters. The maximum absolute atomic E-state index is 13.1. The third-order valence-electron chi connectivity index (χ3n) is 7.82. The molecule has 11 nitrogen and oxygen atoms in total. The van der Waals surface area contributed by atoms with Gasteiger partial charge >= 0.3 is 6.09 Å². The van der Waals surface area contributed by atoms with Crippen LogP contribution in [0.4, 0.5) is 10.5 Å². The van der Waals surface area contributed by atoms with Gasteiger partial charge < -0.3 is 14.5 Å². The molecular formula is C28H38N6O5. The summed E-state index contributed by atoms with van der Waals surface area (Å²) in [6, 6.07) is 5.01. The minimum absolute atomic E-state index is 0.194. The molecule has 3 aliphatic heterocycles. The molecule has 39 heavy (non-hydrogen) atoms. The smallest absolute Gasteiger partial charge is 0.410 e. The van der Waals surface area contributed by atoms with Gasteiger partial charge in [-0.05, 0) is 64.2 Å². The molecule has 3 fully saturated rings. The zero-order chi connectivity index (χ0) is 27.7. The van der Waals surface area contributed by atoms with Crippen LogP contribution in [-0.4, -0.2) is 88.9 Å². The van der Waals surface area contributed by atoms with Gasteiger partial charge in [0.05, 0.1) is 11.6 Å². The summed E-state index contributed by atoms with van der Waals surface area (Å²) in [6.07, 6.45) is 4.04. The van der Waals surface area contributed by atoms with Crippen molar-refractivity contribution in [3.05, 3.63) is 34.7 Å². The summed E-state index contributed by atoms with van der Waals surface area (Å²) in [5, 5.41) is 7.82. The first-order valence-electron chi connectivity index (χ1n) is 13.9. The summed E-state index contributed by atoms with van der Waals surface area (Å²) in [6.45, 7) is 11.7. The van der Waals surface area contributed by atoms with E-state index in [0.717, 1.165) is 56.6 Å². The van der Waals surface area contributed by atoms with Crippen molar-refractivity contribution >= 4 is 34.4 Å². The molecule has 1 unspecified atom stereocenters. The fraction of sp³-hybridized carbons (Fsp3) is 0.607. The first-order chi connectivity index (χ1) is 18.6. The normalized spacial score (nSPS) is 21.8. The van der Waals surface area contributed by atoms with E-state index < -0.39 is 17.6 Å². The van der Waals surface area contributed by atoms with Crippen LogP contribution in [0.2, 0.25) is 0 Å². The van der Waals surface area contributed by atoms with Crippen molar-refractivity contribution in [3.63, 3.8) is 0 Å². The van der Waals surface area contributed by atoms with Crippen molar-refractivity contribution in [2.45, 2.75) is 58.1 Å². The summed E-state index contributed by atoms with van der Waals surface area (Å²) >= 11 is 0. The zero-order valence-electron chi connectivity index (χ0n) is 23.0. The van der Waals surface area contributed by atoms with Crippen molar-refractivity contribution in [2.75, 3.05) is 50.7 Å². The molecule has 0 saturated carbocycles. The Hall–Kier alpha value is -3.47. The quantitative estimate of drug-likeness (QED) is 0.589. The Kier molecular flexibility index (Phi) is 7.61. The van der Waals surface area contributed by atoms with Crippen LogP contribution in [-0.2, 0) is 14.3 Å². The summed E-state index contributed by atoms with van der Waals surface area (Å²) in [4.78, 5) is 55.7. The largest absolute Gasteiger partial charge is 0.444 e. The number of benzene rings is 1. The Bertz CT molecular complexity index is 1300. The van der Waals surface area contributed by atoms with Crippen LogP contribution >= 0.6 is 0 Å². The van der Waals surface area contributed by atoms with Gasteiger partial charge in [-0.15, -0.1) is 0 Å². The topological polar surface area (TPSA) is 117 Å². The molecule has 2 aromatic rings. The van der Waals surface area contributed by atoms with Gasteiger partial charge in [0.1, 0.15) is 11.6 Å². The van der Waals surface area contributed by atoms with E-state index in [1.54, 1.807) is 11.1 Å². The second kappa shape index (κ2) is 11.0. The van der Waals surface area contributed by atoms with Crippen molar-refractivity contribution in [1.82, 2.24) is 24.9 Å². The van der Waals surface area contributed by atoms with Crippen LogP contribution in [0.5, 0.6) is 0 Å².